The monoisotopic (exact) mass is 818 g/mol. The van der Waals surface area contributed by atoms with Crippen molar-refractivity contribution in [2.24, 2.45) is 5.41 Å². The fraction of sp³-hybridized carbons (Fsp3) is 0.532. The van der Waals surface area contributed by atoms with Crippen molar-refractivity contribution < 1.29 is 22.7 Å². The molecular weight excluding hydrogens is 761 g/mol. The van der Waals surface area contributed by atoms with E-state index in [1.165, 1.54) is 40.3 Å². The summed E-state index contributed by atoms with van der Waals surface area (Å²) in [5.74, 6) is 0.837. The number of methoxy groups -OCH3 is 1. The van der Waals surface area contributed by atoms with E-state index in [4.69, 9.17) is 4.74 Å². The minimum atomic E-state index is -3.88. The van der Waals surface area contributed by atoms with Crippen LogP contribution in [0.3, 0.4) is 0 Å². The van der Waals surface area contributed by atoms with Gasteiger partial charge in [0.2, 0.25) is 5.91 Å². The van der Waals surface area contributed by atoms with Crippen molar-refractivity contribution >= 4 is 32.9 Å². The van der Waals surface area contributed by atoms with Crippen LogP contribution in [0.15, 0.2) is 66.7 Å². The van der Waals surface area contributed by atoms with Gasteiger partial charge in [0.15, 0.2) is 0 Å². The number of nitrogens with zero attached hydrogens (tertiary/aromatic N) is 5. The number of hydrogen-bond acceptors (Lipinski definition) is 7. The summed E-state index contributed by atoms with van der Waals surface area (Å²) in [4.78, 5) is 36.5. The molecule has 10 rings (SSSR count). The Labute approximate surface area is 348 Å². The molecule has 59 heavy (non-hydrogen) atoms. The van der Waals surface area contributed by atoms with Gasteiger partial charge in [0.05, 0.1) is 18.2 Å². The Balaban J connectivity index is 1.03. The molecule has 2 aliphatic carbocycles. The number of piperidine rings is 1. The fourth-order valence-corrected chi connectivity index (χ4v) is 12.6. The van der Waals surface area contributed by atoms with Crippen molar-refractivity contribution in [1.29, 1.82) is 0 Å². The summed E-state index contributed by atoms with van der Waals surface area (Å²) >= 11 is 0. The molecule has 3 saturated heterocycles. The molecule has 4 aromatic rings. The maximum absolute atomic E-state index is 15.7. The van der Waals surface area contributed by atoms with Gasteiger partial charge in [-0.2, -0.15) is 12.7 Å². The van der Waals surface area contributed by atoms with E-state index in [-0.39, 0.29) is 23.9 Å². The SMILES string of the molecule is COc1ccc2c(c1)C1CC1(C(=O)N1C3CCC1CC(N(CCN(C)C)Cc1ccccc1)C3)Cn1c-2c(C2CCCCC2)c2ccc(C(=O)NS(=O)(=O)N3CC3)cc21. The van der Waals surface area contributed by atoms with Crippen LogP contribution in [-0.4, -0.2) is 109 Å². The second kappa shape index (κ2) is 15.0. The highest BCUT2D eigenvalue weighted by atomic mass is 32.2. The van der Waals surface area contributed by atoms with Crippen molar-refractivity contribution in [3.05, 3.63) is 89.0 Å². The number of carbonyl (C=O) groups is 2. The van der Waals surface area contributed by atoms with Gasteiger partial charge in [0, 0.05) is 85.3 Å². The second-order valence-electron chi connectivity index (χ2n) is 18.6. The average Bonchev–Trinajstić information content (AvgIpc) is 4.17. The predicted molar refractivity (Wildman–Crippen MR) is 230 cm³/mol. The maximum Gasteiger partial charge on any atom is 0.304 e. The lowest BCUT2D eigenvalue weighted by Gasteiger charge is -2.45. The molecule has 2 bridgehead atoms. The lowest BCUT2D eigenvalue weighted by Crippen LogP contribution is -2.55. The lowest BCUT2D eigenvalue weighted by molar-refractivity contribution is -0.143. The summed E-state index contributed by atoms with van der Waals surface area (Å²) in [7, 11) is 2.11. The van der Waals surface area contributed by atoms with E-state index in [0.717, 1.165) is 92.5 Å². The Morgan fingerprint density at radius 3 is 2.34 bits per heavy atom. The number of rotatable bonds is 12. The molecule has 11 nitrogen and oxygen atoms in total. The van der Waals surface area contributed by atoms with Crippen LogP contribution in [0.2, 0.25) is 0 Å². The molecular formula is C47H58N6O5S. The van der Waals surface area contributed by atoms with Crippen LogP contribution in [0.5, 0.6) is 5.75 Å². The zero-order valence-electron chi connectivity index (χ0n) is 34.7. The first-order valence-electron chi connectivity index (χ1n) is 22.0. The van der Waals surface area contributed by atoms with Crippen molar-refractivity contribution in [2.75, 3.05) is 47.4 Å². The number of likely N-dealkylation sites (N-methyl/N-ethyl adjacent to an activating group) is 1. The molecule has 4 atom stereocenters. The molecule has 4 unspecified atom stereocenters. The lowest BCUT2D eigenvalue weighted by atomic mass is 9.81. The van der Waals surface area contributed by atoms with Gasteiger partial charge in [-0.15, -0.1) is 0 Å². The number of amides is 2. The number of fused-ring (bicyclic) bond motifs is 9. The highest BCUT2D eigenvalue weighted by Crippen LogP contribution is 2.67. The van der Waals surface area contributed by atoms with Crippen LogP contribution in [0.1, 0.15) is 103 Å². The number of hydrogen-bond donors (Lipinski definition) is 1. The van der Waals surface area contributed by atoms with Gasteiger partial charge < -0.3 is 19.1 Å². The van der Waals surface area contributed by atoms with Gasteiger partial charge in [-0.3, -0.25) is 14.5 Å². The molecule has 0 radical (unpaired) electrons. The Morgan fingerprint density at radius 2 is 1.64 bits per heavy atom. The van der Waals surface area contributed by atoms with Gasteiger partial charge in [0.1, 0.15) is 5.75 Å². The first kappa shape index (κ1) is 38.9. The van der Waals surface area contributed by atoms with E-state index in [1.807, 2.05) is 18.2 Å². The second-order valence-corrected chi connectivity index (χ2v) is 20.3. The third kappa shape index (κ3) is 6.97. The molecule has 4 aliphatic heterocycles. The number of carbonyl (C=O) groups excluding carboxylic acids is 2. The standard InChI is InChI=1S/C47H58N6O5S/c1-49(2)20-21-50(29-31-10-6-4-7-11-31)36-25-34-15-16-35(26-36)53(34)46(55)47-28-41(47)40-27-37(58-3)17-19-38(40)44-43(32-12-8-5-9-13-32)39-18-14-33(24-42(39)52(44)30-47)45(54)48-59(56,57)51-22-23-51/h4,6-7,10-11,14,17-19,24,27,32,34-36,41H,5,8-9,12-13,15-16,20-23,25-26,28-30H2,1-3H3,(H,48,54). The minimum Gasteiger partial charge on any atom is -0.497 e. The minimum absolute atomic E-state index is 0.0465. The number of benzene rings is 3. The Hall–Kier alpha value is -4.23. The van der Waals surface area contributed by atoms with Gasteiger partial charge in [-0.1, -0.05) is 55.7 Å². The number of aromatic nitrogens is 1. The van der Waals surface area contributed by atoms with Crippen molar-refractivity contribution in [3.63, 3.8) is 0 Å². The van der Waals surface area contributed by atoms with Crippen LogP contribution in [0.4, 0.5) is 0 Å². The summed E-state index contributed by atoms with van der Waals surface area (Å²) in [6, 6.07) is 23.7. The molecule has 2 saturated carbocycles. The largest absolute Gasteiger partial charge is 0.497 e. The Bertz CT molecular complexity index is 2370. The molecule has 6 aliphatic rings. The summed E-state index contributed by atoms with van der Waals surface area (Å²) in [6.45, 7) is 4.24. The third-order valence-electron chi connectivity index (χ3n) is 14.7. The van der Waals surface area contributed by atoms with Gasteiger partial charge in [0.25, 0.3) is 5.91 Å². The van der Waals surface area contributed by atoms with Gasteiger partial charge >= 0.3 is 10.2 Å². The van der Waals surface area contributed by atoms with Gasteiger partial charge in [-0.05, 0) is 112 Å². The zero-order chi connectivity index (χ0) is 40.6. The van der Waals surface area contributed by atoms with Crippen molar-refractivity contribution in [3.8, 4) is 17.0 Å². The van der Waals surface area contributed by atoms with E-state index in [2.05, 4.69) is 80.5 Å². The molecule has 0 spiro atoms. The van der Waals surface area contributed by atoms with E-state index in [9.17, 15) is 13.2 Å². The first-order valence-corrected chi connectivity index (χ1v) is 23.4. The van der Waals surface area contributed by atoms with E-state index in [0.29, 0.717) is 37.2 Å². The topological polar surface area (TPSA) is 107 Å². The molecule has 5 fully saturated rings. The Morgan fingerprint density at radius 1 is 0.898 bits per heavy atom. The molecule has 5 heterocycles. The maximum atomic E-state index is 15.7. The van der Waals surface area contributed by atoms with Crippen molar-refractivity contribution in [1.82, 2.24) is 28.3 Å². The molecule has 3 aromatic carbocycles. The first-order chi connectivity index (χ1) is 28.5. The molecule has 1 N–H and O–H groups in total. The molecule has 1 aromatic heterocycles. The number of ether oxygens (including phenoxy) is 1. The van der Waals surface area contributed by atoms with E-state index >= 15 is 4.79 Å². The highest BCUT2D eigenvalue weighted by molar-refractivity contribution is 7.88. The van der Waals surface area contributed by atoms with Crippen molar-refractivity contribution in [2.45, 2.75) is 107 Å². The van der Waals surface area contributed by atoms with E-state index in [1.54, 1.807) is 13.2 Å². The average molecular weight is 819 g/mol. The Kier molecular flexibility index (Phi) is 9.93. The fourth-order valence-electron chi connectivity index (χ4n) is 11.5. The van der Waals surface area contributed by atoms with Crippen LogP contribution < -0.4 is 9.46 Å². The van der Waals surface area contributed by atoms with Gasteiger partial charge in [-0.25, -0.2) is 4.72 Å². The summed E-state index contributed by atoms with van der Waals surface area (Å²) in [5, 5.41) is 1.10. The zero-order valence-corrected chi connectivity index (χ0v) is 35.6. The van der Waals surface area contributed by atoms with Crippen LogP contribution in [0.25, 0.3) is 22.2 Å². The summed E-state index contributed by atoms with van der Waals surface area (Å²) in [6.07, 6.45) is 10.6. The van der Waals surface area contributed by atoms with Crippen LogP contribution in [0, 0.1) is 5.41 Å². The van der Waals surface area contributed by atoms with Crippen LogP contribution >= 0.6 is 0 Å². The quantitative estimate of drug-likeness (QED) is 0.158. The normalized spacial score (nSPS) is 26.4. The molecule has 2 amide bonds. The summed E-state index contributed by atoms with van der Waals surface area (Å²) in [5.41, 5.74) is 6.68. The molecule has 312 valence electrons. The summed E-state index contributed by atoms with van der Waals surface area (Å²) < 4.78 is 37.4. The molecule has 12 heteroatoms. The number of nitrogens with one attached hydrogen (secondary N) is 1. The van der Waals surface area contributed by atoms with Crippen LogP contribution in [-0.2, 0) is 28.1 Å². The van der Waals surface area contributed by atoms with E-state index < -0.39 is 21.5 Å². The predicted octanol–water partition coefficient (Wildman–Crippen LogP) is 6.73. The smallest absolute Gasteiger partial charge is 0.304 e. The third-order valence-corrected chi connectivity index (χ3v) is 16.2. The highest BCUT2D eigenvalue weighted by Gasteiger charge is 2.65.